The molecule has 0 radical (unpaired) electrons. The van der Waals surface area contributed by atoms with Crippen LogP contribution in [-0.4, -0.2) is 82.4 Å². The minimum atomic E-state index is -4.52. The van der Waals surface area contributed by atoms with Gasteiger partial charge in [-0.1, -0.05) is 90.4 Å². The van der Waals surface area contributed by atoms with E-state index in [2.05, 4.69) is 6.92 Å². The standard InChI is InChI=1S/C29H60NO8P/c1-5-6-7-8-9-10-11-12-13-14-15-16-17-20-24-35-26-28(38-29(32)21-18-19-23-31)27-37-39(33,34)36-25-22-30(2,3)4/h28,31H,5-27H2,1-4H3/t28-/m1/s1. The summed E-state index contributed by atoms with van der Waals surface area (Å²) < 4.78 is 33.7. The monoisotopic (exact) mass is 581 g/mol. The first-order valence-corrected chi connectivity index (χ1v) is 16.8. The van der Waals surface area contributed by atoms with Crippen molar-refractivity contribution in [3.8, 4) is 0 Å². The minimum absolute atomic E-state index is 0.00547. The van der Waals surface area contributed by atoms with Crippen molar-refractivity contribution in [2.45, 2.75) is 122 Å². The van der Waals surface area contributed by atoms with E-state index < -0.39 is 19.9 Å². The number of ether oxygens (including phenoxy) is 2. The highest BCUT2D eigenvalue weighted by atomic mass is 31.2. The fourth-order valence-corrected chi connectivity index (χ4v) is 4.72. The van der Waals surface area contributed by atoms with Crippen LogP contribution in [0.15, 0.2) is 0 Å². The van der Waals surface area contributed by atoms with Crippen LogP contribution in [0.2, 0.25) is 0 Å². The van der Waals surface area contributed by atoms with Crippen LogP contribution in [0, 0.1) is 0 Å². The number of nitrogens with zero attached hydrogens (tertiary/aromatic N) is 1. The van der Waals surface area contributed by atoms with Crippen LogP contribution in [-0.2, 0) is 27.9 Å². The van der Waals surface area contributed by atoms with Crippen LogP contribution in [0.5, 0.6) is 0 Å². The van der Waals surface area contributed by atoms with E-state index in [9.17, 15) is 14.3 Å². The lowest BCUT2D eigenvalue weighted by Crippen LogP contribution is -2.37. The van der Waals surface area contributed by atoms with Crippen LogP contribution in [0.3, 0.4) is 0 Å². The van der Waals surface area contributed by atoms with Gasteiger partial charge in [-0.2, -0.15) is 0 Å². The van der Waals surface area contributed by atoms with Crippen molar-refractivity contribution in [1.82, 2.24) is 0 Å². The molecule has 0 saturated heterocycles. The third-order valence-electron chi connectivity index (χ3n) is 6.46. The summed E-state index contributed by atoms with van der Waals surface area (Å²) in [6, 6.07) is 0. The molecular weight excluding hydrogens is 521 g/mol. The largest absolute Gasteiger partial charge is 0.756 e. The Morgan fingerprint density at radius 2 is 1.31 bits per heavy atom. The normalized spacial score (nSPS) is 14.3. The van der Waals surface area contributed by atoms with Gasteiger partial charge < -0.3 is 33.0 Å². The molecule has 1 N–H and O–H groups in total. The number of likely N-dealkylation sites (N-methyl/N-ethyl adjacent to an activating group) is 1. The van der Waals surface area contributed by atoms with Crippen molar-refractivity contribution in [2.24, 2.45) is 0 Å². The first-order valence-electron chi connectivity index (χ1n) is 15.4. The highest BCUT2D eigenvalue weighted by molar-refractivity contribution is 7.45. The molecule has 0 heterocycles. The molecule has 0 aromatic rings. The van der Waals surface area contributed by atoms with Crippen LogP contribution in [0.25, 0.3) is 0 Å². The van der Waals surface area contributed by atoms with Gasteiger partial charge in [-0.25, -0.2) is 0 Å². The second-order valence-corrected chi connectivity index (χ2v) is 13.0. The first kappa shape index (κ1) is 38.5. The molecule has 39 heavy (non-hydrogen) atoms. The van der Waals surface area contributed by atoms with Gasteiger partial charge >= 0.3 is 5.97 Å². The van der Waals surface area contributed by atoms with Crippen LogP contribution >= 0.6 is 7.82 Å². The van der Waals surface area contributed by atoms with Crippen molar-refractivity contribution in [1.29, 1.82) is 0 Å². The summed E-state index contributed by atoms with van der Waals surface area (Å²) in [5.41, 5.74) is 0. The predicted molar refractivity (Wildman–Crippen MR) is 154 cm³/mol. The number of unbranched alkanes of at least 4 members (excludes halogenated alkanes) is 14. The molecule has 2 atom stereocenters. The molecule has 0 aliphatic heterocycles. The Bertz CT molecular complexity index is 615. The SMILES string of the molecule is CCCCCCCCCCCCCCCCOC[C@H](COP(=O)([O-])OCC[N+](C)(C)C)OC(=O)CCCCO. The number of hydrogen-bond donors (Lipinski definition) is 1. The molecule has 0 bridgehead atoms. The van der Waals surface area contributed by atoms with Crippen molar-refractivity contribution in [3.63, 3.8) is 0 Å². The maximum absolute atomic E-state index is 12.1. The maximum atomic E-state index is 12.1. The van der Waals surface area contributed by atoms with Crippen LogP contribution in [0.4, 0.5) is 0 Å². The minimum Gasteiger partial charge on any atom is -0.756 e. The number of rotatable bonds is 29. The number of phosphoric acid groups is 1. The molecular formula is C29H60NO8P. The van der Waals surface area contributed by atoms with Gasteiger partial charge in [0.05, 0.1) is 34.4 Å². The quantitative estimate of drug-likeness (QED) is 0.0513. The number of aliphatic hydroxyl groups is 1. The molecule has 0 rings (SSSR count). The Kier molecular flexibility index (Phi) is 24.8. The average Bonchev–Trinajstić information content (AvgIpc) is 2.86. The number of carbonyl (C=O) groups excluding carboxylic acids is 1. The van der Waals surface area contributed by atoms with E-state index in [0.29, 0.717) is 30.5 Å². The maximum Gasteiger partial charge on any atom is 0.306 e. The number of aliphatic hydroxyl groups excluding tert-OH is 1. The van der Waals surface area contributed by atoms with Gasteiger partial charge in [0, 0.05) is 19.6 Å². The molecule has 234 valence electrons. The number of esters is 1. The zero-order chi connectivity index (χ0) is 29.2. The van der Waals surface area contributed by atoms with E-state index in [1.54, 1.807) is 0 Å². The van der Waals surface area contributed by atoms with Crippen molar-refractivity contribution in [2.75, 3.05) is 60.7 Å². The van der Waals surface area contributed by atoms with Gasteiger partial charge in [0.2, 0.25) is 0 Å². The fraction of sp³-hybridized carbons (Fsp3) is 0.966. The molecule has 0 aromatic carbocycles. The molecule has 0 aliphatic rings. The molecule has 0 spiro atoms. The number of carbonyl (C=O) groups is 1. The van der Waals surface area contributed by atoms with Gasteiger partial charge in [0.25, 0.3) is 7.82 Å². The average molecular weight is 582 g/mol. The van der Waals surface area contributed by atoms with Gasteiger partial charge in [0.1, 0.15) is 19.3 Å². The van der Waals surface area contributed by atoms with Gasteiger partial charge in [0.15, 0.2) is 0 Å². The van der Waals surface area contributed by atoms with Gasteiger partial charge in [-0.3, -0.25) is 9.36 Å². The number of hydrogen-bond acceptors (Lipinski definition) is 8. The zero-order valence-corrected chi connectivity index (χ0v) is 26.4. The summed E-state index contributed by atoms with van der Waals surface area (Å²) >= 11 is 0. The topological polar surface area (TPSA) is 114 Å². The summed E-state index contributed by atoms with van der Waals surface area (Å²) in [6.07, 6.45) is 18.2. The Morgan fingerprint density at radius 1 is 0.769 bits per heavy atom. The molecule has 0 aliphatic carbocycles. The van der Waals surface area contributed by atoms with Crippen molar-refractivity contribution < 1.29 is 42.4 Å². The smallest absolute Gasteiger partial charge is 0.306 e. The fourth-order valence-electron chi connectivity index (χ4n) is 3.99. The highest BCUT2D eigenvalue weighted by Gasteiger charge is 2.20. The van der Waals surface area contributed by atoms with Crippen LogP contribution < -0.4 is 4.89 Å². The summed E-state index contributed by atoms with van der Waals surface area (Å²) in [6.45, 7) is 2.99. The third-order valence-corrected chi connectivity index (χ3v) is 7.43. The first-order chi connectivity index (χ1) is 18.6. The van der Waals surface area contributed by atoms with Crippen LogP contribution in [0.1, 0.15) is 116 Å². The molecule has 0 amide bonds. The van der Waals surface area contributed by atoms with E-state index in [4.69, 9.17) is 23.6 Å². The highest BCUT2D eigenvalue weighted by Crippen LogP contribution is 2.38. The Balaban J connectivity index is 4.09. The molecule has 0 saturated carbocycles. The lowest BCUT2D eigenvalue weighted by atomic mass is 10.0. The zero-order valence-electron chi connectivity index (χ0n) is 25.5. The Morgan fingerprint density at radius 3 is 1.82 bits per heavy atom. The summed E-state index contributed by atoms with van der Waals surface area (Å²) in [4.78, 5) is 24.2. The lowest BCUT2D eigenvalue weighted by molar-refractivity contribution is -0.870. The van der Waals surface area contributed by atoms with E-state index >= 15 is 0 Å². The molecule has 10 heteroatoms. The number of phosphoric ester groups is 1. The van der Waals surface area contributed by atoms with Crippen molar-refractivity contribution in [3.05, 3.63) is 0 Å². The summed E-state index contributed by atoms with van der Waals surface area (Å²) in [7, 11) is 1.28. The summed E-state index contributed by atoms with van der Waals surface area (Å²) in [5, 5.41) is 8.89. The predicted octanol–water partition coefficient (Wildman–Crippen LogP) is 5.77. The summed E-state index contributed by atoms with van der Waals surface area (Å²) in [5.74, 6) is -0.469. The molecule has 9 nitrogen and oxygen atoms in total. The number of quaternary nitrogens is 1. The molecule has 1 unspecified atom stereocenters. The lowest BCUT2D eigenvalue weighted by Gasteiger charge is -2.28. The Hall–Kier alpha value is -0.540. The van der Waals surface area contributed by atoms with E-state index in [1.165, 1.54) is 77.0 Å². The molecule has 0 fully saturated rings. The Labute approximate surface area is 239 Å². The van der Waals surface area contributed by atoms with E-state index in [0.717, 1.165) is 12.8 Å². The van der Waals surface area contributed by atoms with Gasteiger partial charge in [-0.05, 0) is 19.3 Å². The van der Waals surface area contributed by atoms with Gasteiger partial charge in [-0.15, -0.1) is 0 Å². The van der Waals surface area contributed by atoms with E-state index in [1.807, 2.05) is 21.1 Å². The second kappa shape index (κ2) is 25.2. The molecule has 0 aromatic heterocycles. The van der Waals surface area contributed by atoms with Crippen molar-refractivity contribution >= 4 is 13.8 Å². The second-order valence-electron chi connectivity index (χ2n) is 11.6. The van der Waals surface area contributed by atoms with E-state index in [-0.39, 0.29) is 32.8 Å². The third kappa shape index (κ3) is 28.8.